The summed E-state index contributed by atoms with van der Waals surface area (Å²) in [4.78, 5) is 16.4. The average molecular weight is 381 g/mol. The standard InChI is InChI=1S/C22H21F2N3O/c1-22(2,3)15-4-6-16(7-5-15)26-18-10-14(12-25-13-18)21(28)27-17-8-9-19(23)20(24)11-17/h4-13,26H,1-3H3,(H,27,28). The molecule has 0 spiro atoms. The SMILES string of the molecule is CC(C)(C)c1ccc(Nc2cncc(C(=O)Nc3ccc(F)c(F)c3)c2)cc1. The Morgan fingerprint density at radius 2 is 1.54 bits per heavy atom. The minimum absolute atomic E-state index is 0.0674. The van der Waals surface area contributed by atoms with E-state index in [1.165, 1.54) is 17.8 Å². The van der Waals surface area contributed by atoms with E-state index in [2.05, 4.69) is 48.5 Å². The highest BCUT2D eigenvalue weighted by Gasteiger charge is 2.13. The van der Waals surface area contributed by atoms with Crippen LogP contribution in [0.15, 0.2) is 60.9 Å². The van der Waals surface area contributed by atoms with Gasteiger partial charge in [0.05, 0.1) is 17.4 Å². The maximum absolute atomic E-state index is 13.3. The zero-order chi connectivity index (χ0) is 20.3. The first-order valence-corrected chi connectivity index (χ1v) is 8.81. The molecule has 0 aliphatic carbocycles. The van der Waals surface area contributed by atoms with Crippen molar-refractivity contribution in [1.29, 1.82) is 0 Å². The zero-order valence-corrected chi connectivity index (χ0v) is 15.9. The van der Waals surface area contributed by atoms with Crippen molar-refractivity contribution in [2.24, 2.45) is 0 Å². The molecular formula is C22H21F2N3O. The normalized spacial score (nSPS) is 11.2. The van der Waals surface area contributed by atoms with E-state index in [4.69, 9.17) is 0 Å². The van der Waals surface area contributed by atoms with Gasteiger partial charge in [0.2, 0.25) is 0 Å². The smallest absolute Gasteiger partial charge is 0.257 e. The second-order valence-corrected chi connectivity index (χ2v) is 7.50. The molecule has 0 aliphatic rings. The molecule has 6 heteroatoms. The van der Waals surface area contributed by atoms with E-state index in [9.17, 15) is 13.6 Å². The first-order chi connectivity index (χ1) is 13.2. The Hall–Kier alpha value is -3.28. The fraction of sp³-hybridized carbons (Fsp3) is 0.182. The number of amides is 1. The van der Waals surface area contributed by atoms with Crippen LogP contribution < -0.4 is 10.6 Å². The summed E-state index contributed by atoms with van der Waals surface area (Å²) in [5.41, 5.74) is 3.25. The average Bonchev–Trinajstić information content (AvgIpc) is 2.65. The van der Waals surface area contributed by atoms with Crippen molar-refractivity contribution < 1.29 is 13.6 Å². The molecule has 2 aromatic carbocycles. The molecule has 0 saturated heterocycles. The summed E-state index contributed by atoms with van der Waals surface area (Å²) in [5, 5.41) is 5.73. The van der Waals surface area contributed by atoms with Gasteiger partial charge in [-0.2, -0.15) is 0 Å². The van der Waals surface area contributed by atoms with Gasteiger partial charge in [-0.1, -0.05) is 32.9 Å². The molecule has 0 bridgehead atoms. The highest BCUT2D eigenvalue weighted by atomic mass is 19.2. The number of nitrogens with zero attached hydrogens (tertiary/aromatic N) is 1. The summed E-state index contributed by atoms with van der Waals surface area (Å²) < 4.78 is 26.3. The molecular weight excluding hydrogens is 360 g/mol. The Kier molecular flexibility index (Phi) is 5.40. The van der Waals surface area contributed by atoms with Gasteiger partial charge in [-0.05, 0) is 41.3 Å². The third-order valence-electron chi connectivity index (χ3n) is 4.22. The van der Waals surface area contributed by atoms with E-state index >= 15 is 0 Å². The lowest BCUT2D eigenvalue weighted by atomic mass is 9.87. The van der Waals surface area contributed by atoms with Gasteiger partial charge in [0.15, 0.2) is 11.6 Å². The van der Waals surface area contributed by atoms with E-state index in [0.29, 0.717) is 11.3 Å². The van der Waals surface area contributed by atoms with Crippen LogP contribution in [-0.2, 0) is 5.41 Å². The highest BCUT2D eigenvalue weighted by molar-refractivity contribution is 6.04. The van der Waals surface area contributed by atoms with Crippen molar-refractivity contribution in [3.8, 4) is 0 Å². The van der Waals surface area contributed by atoms with E-state index in [0.717, 1.165) is 17.8 Å². The van der Waals surface area contributed by atoms with Crippen molar-refractivity contribution in [3.05, 3.63) is 83.7 Å². The number of benzene rings is 2. The molecule has 0 fully saturated rings. The predicted molar refractivity (Wildman–Crippen MR) is 107 cm³/mol. The zero-order valence-electron chi connectivity index (χ0n) is 15.9. The van der Waals surface area contributed by atoms with Gasteiger partial charge in [0.1, 0.15) is 0 Å². The Morgan fingerprint density at radius 3 is 2.18 bits per heavy atom. The maximum Gasteiger partial charge on any atom is 0.257 e. The van der Waals surface area contributed by atoms with E-state index in [1.807, 2.05) is 12.1 Å². The minimum Gasteiger partial charge on any atom is -0.354 e. The molecule has 1 heterocycles. The molecule has 144 valence electrons. The number of hydrogen-bond donors (Lipinski definition) is 2. The minimum atomic E-state index is -1.02. The van der Waals surface area contributed by atoms with Gasteiger partial charge in [-0.3, -0.25) is 9.78 Å². The molecule has 2 N–H and O–H groups in total. The van der Waals surface area contributed by atoms with Gasteiger partial charge < -0.3 is 10.6 Å². The van der Waals surface area contributed by atoms with E-state index < -0.39 is 17.5 Å². The predicted octanol–water partition coefficient (Wildman–Crippen LogP) is 5.65. The second-order valence-electron chi connectivity index (χ2n) is 7.50. The fourth-order valence-corrected chi connectivity index (χ4v) is 2.63. The van der Waals surface area contributed by atoms with Crippen LogP contribution in [0.4, 0.5) is 25.8 Å². The molecule has 0 aliphatic heterocycles. The number of carbonyl (C=O) groups excluding carboxylic acids is 1. The summed E-state index contributed by atoms with van der Waals surface area (Å²) in [7, 11) is 0. The van der Waals surface area contributed by atoms with Crippen LogP contribution in [0.5, 0.6) is 0 Å². The van der Waals surface area contributed by atoms with Crippen LogP contribution in [0, 0.1) is 11.6 Å². The van der Waals surface area contributed by atoms with Crippen LogP contribution in [0.2, 0.25) is 0 Å². The number of hydrogen-bond acceptors (Lipinski definition) is 3. The molecule has 4 nitrogen and oxygen atoms in total. The Balaban J connectivity index is 1.72. The fourth-order valence-electron chi connectivity index (χ4n) is 2.63. The van der Waals surface area contributed by atoms with Crippen LogP contribution in [0.25, 0.3) is 0 Å². The number of carbonyl (C=O) groups is 1. The van der Waals surface area contributed by atoms with Crippen LogP contribution in [0.3, 0.4) is 0 Å². The van der Waals surface area contributed by atoms with Crippen LogP contribution in [-0.4, -0.2) is 10.9 Å². The van der Waals surface area contributed by atoms with Gasteiger partial charge in [0.25, 0.3) is 5.91 Å². The Morgan fingerprint density at radius 1 is 0.857 bits per heavy atom. The largest absolute Gasteiger partial charge is 0.354 e. The Bertz CT molecular complexity index is 995. The lowest BCUT2D eigenvalue weighted by Crippen LogP contribution is -2.13. The van der Waals surface area contributed by atoms with Crippen molar-refractivity contribution in [3.63, 3.8) is 0 Å². The summed E-state index contributed by atoms with van der Waals surface area (Å²) >= 11 is 0. The second kappa shape index (κ2) is 7.76. The lowest BCUT2D eigenvalue weighted by Gasteiger charge is -2.19. The molecule has 28 heavy (non-hydrogen) atoms. The van der Waals surface area contributed by atoms with Gasteiger partial charge in [-0.25, -0.2) is 8.78 Å². The molecule has 0 atom stereocenters. The Labute approximate surface area is 162 Å². The van der Waals surface area contributed by atoms with Crippen molar-refractivity contribution in [2.75, 3.05) is 10.6 Å². The number of rotatable bonds is 4. The van der Waals surface area contributed by atoms with Crippen LogP contribution in [0.1, 0.15) is 36.7 Å². The van der Waals surface area contributed by atoms with Gasteiger partial charge in [0, 0.05) is 23.6 Å². The number of anilines is 3. The lowest BCUT2D eigenvalue weighted by molar-refractivity contribution is 0.102. The van der Waals surface area contributed by atoms with Gasteiger partial charge >= 0.3 is 0 Å². The number of pyridine rings is 1. The molecule has 1 aromatic heterocycles. The number of nitrogens with one attached hydrogen (secondary N) is 2. The van der Waals surface area contributed by atoms with Gasteiger partial charge in [-0.15, -0.1) is 0 Å². The summed E-state index contributed by atoms with van der Waals surface area (Å²) in [6.45, 7) is 6.44. The molecule has 3 aromatic rings. The van der Waals surface area contributed by atoms with Crippen LogP contribution >= 0.6 is 0 Å². The first-order valence-electron chi connectivity index (χ1n) is 8.81. The number of aromatic nitrogens is 1. The van der Waals surface area contributed by atoms with E-state index in [1.54, 1.807) is 12.3 Å². The monoisotopic (exact) mass is 381 g/mol. The number of halogens is 2. The summed E-state index contributed by atoms with van der Waals surface area (Å²) in [6.07, 6.45) is 3.01. The first kappa shape index (κ1) is 19.5. The summed E-state index contributed by atoms with van der Waals surface area (Å²) in [6, 6.07) is 12.9. The highest BCUT2D eigenvalue weighted by Crippen LogP contribution is 2.25. The molecule has 3 rings (SSSR count). The molecule has 0 unspecified atom stereocenters. The molecule has 0 saturated carbocycles. The summed E-state index contributed by atoms with van der Waals surface area (Å²) in [5.74, 6) is -2.46. The quantitative estimate of drug-likeness (QED) is 0.614. The molecule has 1 amide bonds. The van der Waals surface area contributed by atoms with Crippen molar-refractivity contribution >= 4 is 23.0 Å². The topological polar surface area (TPSA) is 54.0 Å². The maximum atomic E-state index is 13.3. The third kappa shape index (κ3) is 4.71. The molecule has 0 radical (unpaired) electrons. The van der Waals surface area contributed by atoms with Crippen molar-refractivity contribution in [2.45, 2.75) is 26.2 Å². The van der Waals surface area contributed by atoms with Crippen molar-refractivity contribution in [1.82, 2.24) is 4.98 Å². The van der Waals surface area contributed by atoms with E-state index in [-0.39, 0.29) is 11.1 Å². The third-order valence-corrected chi connectivity index (χ3v) is 4.22.